The number of aliphatic hydroxyl groups excluding tert-OH is 1. The van der Waals surface area contributed by atoms with E-state index in [1.54, 1.807) is 0 Å². The zero-order chi connectivity index (χ0) is 12.5. The molecule has 3 rings (SSSR count). The van der Waals surface area contributed by atoms with E-state index >= 15 is 0 Å². The molecule has 2 heterocycles. The van der Waals surface area contributed by atoms with E-state index in [1.807, 2.05) is 18.2 Å². The van der Waals surface area contributed by atoms with Crippen molar-refractivity contribution in [1.82, 2.24) is 9.88 Å². The van der Waals surface area contributed by atoms with E-state index in [4.69, 9.17) is 10.2 Å². The van der Waals surface area contributed by atoms with Gasteiger partial charge in [0, 0.05) is 11.7 Å². The molecule has 5 heteroatoms. The van der Waals surface area contributed by atoms with Gasteiger partial charge in [0.25, 0.3) is 0 Å². The first kappa shape index (κ1) is 11.5. The van der Waals surface area contributed by atoms with Crippen LogP contribution in [0.25, 0.3) is 11.1 Å². The fourth-order valence-corrected chi connectivity index (χ4v) is 2.54. The fraction of sp³-hybridized carbons (Fsp3) is 0.462. The second-order valence-electron chi connectivity index (χ2n) is 4.78. The van der Waals surface area contributed by atoms with Gasteiger partial charge in [0.15, 0.2) is 5.58 Å². The number of oxazole rings is 1. The molecule has 3 N–H and O–H groups in total. The number of fused-ring (bicyclic) bond motifs is 1. The molecule has 1 aromatic heterocycles. The maximum Gasteiger partial charge on any atom is 0.209 e. The summed E-state index contributed by atoms with van der Waals surface area (Å²) in [6.45, 7) is 1.85. The first-order valence-electron chi connectivity index (χ1n) is 6.26. The van der Waals surface area contributed by atoms with Crippen molar-refractivity contribution >= 4 is 16.8 Å². The number of hydrogen-bond donors (Lipinski definition) is 2. The van der Waals surface area contributed by atoms with Crippen molar-refractivity contribution in [3.05, 3.63) is 24.1 Å². The highest BCUT2D eigenvalue weighted by Crippen LogP contribution is 2.22. The standard InChI is InChI=1S/C13H17N3O2/c14-9-3-4-12-11(6-9)15-13(18-12)7-16-5-1-2-10(16)8-17/h3-4,6,10,17H,1-2,5,7-8,14H2. The molecule has 1 fully saturated rings. The number of aliphatic hydroxyl groups is 1. The number of nitrogens with zero attached hydrogens (tertiary/aromatic N) is 2. The Morgan fingerprint density at radius 3 is 3.22 bits per heavy atom. The predicted octanol–water partition coefficient (Wildman–Crippen LogP) is 1.37. The Morgan fingerprint density at radius 2 is 2.39 bits per heavy atom. The lowest BCUT2D eigenvalue weighted by Gasteiger charge is -2.20. The molecule has 96 valence electrons. The SMILES string of the molecule is Nc1ccc2oc(CN3CCCC3CO)nc2c1. The molecule has 5 nitrogen and oxygen atoms in total. The van der Waals surface area contributed by atoms with Gasteiger partial charge in [-0.15, -0.1) is 0 Å². The Bertz CT molecular complexity index is 552. The summed E-state index contributed by atoms with van der Waals surface area (Å²) >= 11 is 0. The second-order valence-corrected chi connectivity index (χ2v) is 4.78. The molecule has 0 spiro atoms. The van der Waals surface area contributed by atoms with Gasteiger partial charge in [-0.05, 0) is 37.6 Å². The number of aromatic nitrogens is 1. The molecule has 0 amide bonds. The largest absolute Gasteiger partial charge is 0.439 e. The minimum atomic E-state index is 0.202. The number of nitrogens with two attached hydrogens (primary N) is 1. The first-order valence-corrected chi connectivity index (χ1v) is 6.26. The van der Waals surface area contributed by atoms with Crippen LogP contribution in [0.5, 0.6) is 0 Å². The lowest BCUT2D eigenvalue weighted by molar-refractivity contribution is 0.145. The number of benzene rings is 1. The minimum Gasteiger partial charge on any atom is -0.439 e. The molecule has 1 saturated heterocycles. The monoisotopic (exact) mass is 247 g/mol. The Labute approximate surface area is 105 Å². The van der Waals surface area contributed by atoms with Gasteiger partial charge >= 0.3 is 0 Å². The van der Waals surface area contributed by atoms with Crippen molar-refractivity contribution < 1.29 is 9.52 Å². The van der Waals surface area contributed by atoms with Gasteiger partial charge < -0.3 is 15.3 Å². The summed E-state index contributed by atoms with van der Waals surface area (Å²) in [6, 6.07) is 5.71. The van der Waals surface area contributed by atoms with Crippen molar-refractivity contribution in [2.45, 2.75) is 25.4 Å². The normalized spacial score (nSPS) is 20.8. The van der Waals surface area contributed by atoms with Crippen LogP contribution in [0.1, 0.15) is 18.7 Å². The summed E-state index contributed by atoms with van der Waals surface area (Å²) < 4.78 is 5.69. The van der Waals surface area contributed by atoms with Gasteiger partial charge in [0.1, 0.15) is 5.52 Å². The molecule has 2 aromatic rings. The van der Waals surface area contributed by atoms with Crippen LogP contribution in [0.2, 0.25) is 0 Å². The number of hydrogen-bond acceptors (Lipinski definition) is 5. The van der Waals surface area contributed by atoms with Crippen LogP contribution in [-0.2, 0) is 6.54 Å². The molecule has 0 bridgehead atoms. The third kappa shape index (κ3) is 2.07. The van der Waals surface area contributed by atoms with E-state index in [1.165, 1.54) is 0 Å². The summed E-state index contributed by atoms with van der Waals surface area (Å²) in [5, 5.41) is 9.28. The fourth-order valence-electron chi connectivity index (χ4n) is 2.54. The van der Waals surface area contributed by atoms with E-state index in [0.29, 0.717) is 18.1 Å². The molecule has 1 aliphatic heterocycles. The lowest BCUT2D eigenvalue weighted by Crippen LogP contribution is -2.31. The molecule has 1 aliphatic rings. The molecule has 0 aliphatic carbocycles. The molecule has 1 unspecified atom stereocenters. The number of likely N-dealkylation sites (tertiary alicyclic amines) is 1. The van der Waals surface area contributed by atoms with Crippen molar-refractivity contribution in [3.63, 3.8) is 0 Å². The van der Waals surface area contributed by atoms with E-state index in [2.05, 4.69) is 9.88 Å². The van der Waals surface area contributed by atoms with Crippen molar-refractivity contribution in [2.24, 2.45) is 0 Å². The van der Waals surface area contributed by atoms with Crippen LogP contribution in [0.4, 0.5) is 5.69 Å². The Morgan fingerprint density at radius 1 is 1.50 bits per heavy atom. The summed E-state index contributed by atoms with van der Waals surface area (Å²) in [5.41, 5.74) is 7.97. The summed E-state index contributed by atoms with van der Waals surface area (Å²) in [4.78, 5) is 6.65. The average molecular weight is 247 g/mol. The van der Waals surface area contributed by atoms with Crippen LogP contribution in [0.15, 0.2) is 22.6 Å². The number of rotatable bonds is 3. The molecule has 0 saturated carbocycles. The molecule has 1 aromatic carbocycles. The average Bonchev–Trinajstić information content (AvgIpc) is 2.94. The minimum absolute atomic E-state index is 0.202. The molecule has 18 heavy (non-hydrogen) atoms. The van der Waals surface area contributed by atoms with E-state index < -0.39 is 0 Å². The molecule has 1 atom stereocenters. The van der Waals surface area contributed by atoms with Crippen LogP contribution < -0.4 is 5.73 Å². The maximum absolute atomic E-state index is 9.28. The van der Waals surface area contributed by atoms with E-state index in [0.717, 1.165) is 30.5 Å². The first-order chi connectivity index (χ1) is 8.76. The third-order valence-electron chi connectivity index (χ3n) is 3.50. The summed E-state index contributed by atoms with van der Waals surface area (Å²) in [6.07, 6.45) is 2.17. The number of anilines is 1. The highest BCUT2D eigenvalue weighted by molar-refractivity contribution is 5.76. The lowest BCUT2D eigenvalue weighted by atomic mass is 10.2. The van der Waals surface area contributed by atoms with Crippen molar-refractivity contribution in [2.75, 3.05) is 18.9 Å². The van der Waals surface area contributed by atoms with E-state index in [-0.39, 0.29) is 12.6 Å². The van der Waals surface area contributed by atoms with Crippen LogP contribution in [0, 0.1) is 0 Å². The van der Waals surface area contributed by atoms with Crippen molar-refractivity contribution in [3.8, 4) is 0 Å². The van der Waals surface area contributed by atoms with Gasteiger partial charge in [-0.25, -0.2) is 4.98 Å². The maximum atomic E-state index is 9.28. The number of nitrogen functional groups attached to an aromatic ring is 1. The quantitative estimate of drug-likeness (QED) is 0.801. The summed E-state index contributed by atoms with van der Waals surface area (Å²) in [5.74, 6) is 0.691. The van der Waals surface area contributed by atoms with Gasteiger partial charge in [-0.3, -0.25) is 4.90 Å². The van der Waals surface area contributed by atoms with Gasteiger partial charge in [-0.2, -0.15) is 0 Å². The highest BCUT2D eigenvalue weighted by atomic mass is 16.3. The Kier molecular flexibility index (Phi) is 2.93. The van der Waals surface area contributed by atoms with Crippen LogP contribution in [0.3, 0.4) is 0 Å². The topological polar surface area (TPSA) is 75.5 Å². The van der Waals surface area contributed by atoms with E-state index in [9.17, 15) is 5.11 Å². The molecule has 0 radical (unpaired) electrons. The van der Waals surface area contributed by atoms with Gasteiger partial charge in [0.2, 0.25) is 5.89 Å². The molecular formula is C13H17N3O2. The Balaban J connectivity index is 1.82. The van der Waals surface area contributed by atoms with Crippen LogP contribution in [-0.4, -0.2) is 34.2 Å². The Hall–Kier alpha value is -1.59. The smallest absolute Gasteiger partial charge is 0.209 e. The summed E-state index contributed by atoms with van der Waals surface area (Å²) in [7, 11) is 0. The van der Waals surface area contributed by atoms with Gasteiger partial charge in [0.05, 0.1) is 13.2 Å². The second kappa shape index (κ2) is 4.59. The highest BCUT2D eigenvalue weighted by Gasteiger charge is 2.25. The zero-order valence-electron chi connectivity index (χ0n) is 10.2. The van der Waals surface area contributed by atoms with Gasteiger partial charge in [-0.1, -0.05) is 0 Å². The molecular weight excluding hydrogens is 230 g/mol. The third-order valence-corrected chi connectivity index (χ3v) is 3.50. The van der Waals surface area contributed by atoms with Crippen LogP contribution >= 0.6 is 0 Å². The predicted molar refractivity (Wildman–Crippen MR) is 68.9 cm³/mol. The zero-order valence-corrected chi connectivity index (χ0v) is 10.2. The van der Waals surface area contributed by atoms with Crippen molar-refractivity contribution in [1.29, 1.82) is 0 Å².